The van der Waals surface area contributed by atoms with Gasteiger partial charge in [-0.15, -0.1) is 15.3 Å². The van der Waals surface area contributed by atoms with E-state index in [1.807, 2.05) is 24.3 Å². The van der Waals surface area contributed by atoms with Crippen LogP contribution in [0.5, 0.6) is 5.75 Å². The van der Waals surface area contributed by atoms with Gasteiger partial charge in [-0.05, 0) is 36.2 Å². The first-order valence-corrected chi connectivity index (χ1v) is 7.76. The summed E-state index contributed by atoms with van der Waals surface area (Å²) in [5.41, 5.74) is 2.03. The Balaban J connectivity index is 1.65. The van der Waals surface area contributed by atoms with Crippen LogP contribution in [-0.4, -0.2) is 33.5 Å². The number of ether oxygens (including phenoxy) is 1. The average molecular weight is 311 g/mol. The minimum absolute atomic E-state index is 0.284. The van der Waals surface area contributed by atoms with Crippen LogP contribution in [0, 0.1) is 0 Å². The first-order valence-electron chi connectivity index (χ1n) is 7.76. The number of methoxy groups -OCH3 is 1. The topological polar surface area (TPSA) is 64.3 Å². The third-order valence-corrected chi connectivity index (χ3v) is 3.68. The van der Waals surface area contributed by atoms with Crippen LogP contribution in [0.4, 0.5) is 5.82 Å². The van der Waals surface area contributed by atoms with E-state index in [2.05, 4.69) is 46.6 Å². The molecule has 0 radical (unpaired) electrons. The highest BCUT2D eigenvalue weighted by Crippen LogP contribution is 2.15. The van der Waals surface area contributed by atoms with Crippen molar-refractivity contribution in [1.82, 2.24) is 19.8 Å². The van der Waals surface area contributed by atoms with Gasteiger partial charge in [0, 0.05) is 12.5 Å². The predicted molar refractivity (Wildman–Crippen MR) is 90.1 cm³/mol. The quantitative estimate of drug-likeness (QED) is 0.758. The lowest BCUT2D eigenvalue weighted by Gasteiger charge is -2.08. The smallest absolute Gasteiger partial charge is 0.178 e. The molecule has 0 aliphatic heterocycles. The summed E-state index contributed by atoms with van der Waals surface area (Å²) >= 11 is 0. The van der Waals surface area contributed by atoms with E-state index in [0.29, 0.717) is 0 Å². The first kappa shape index (κ1) is 15.3. The van der Waals surface area contributed by atoms with Crippen molar-refractivity contribution in [3.63, 3.8) is 0 Å². The molecule has 6 heteroatoms. The predicted octanol–water partition coefficient (Wildman–Crippen LogP) is 2.91. The zero-order valence-corrected chi connectivity index (χ0v) is 13.7. The maximum Gasteiger partial charge on any atom is 0.178 e. The highest BCUT2D eigenvalue weighted by Gasteiger charge is 2.10. The van der Waals surface area contributed by atoms with Gasteiger partial charge in [-0.2, -0.15) is 4.52 Å². The van der Waals surface area contributed by atoms with E-state index in [1.165, 1.54) is 5.56 Å². The zero-order chi connectivity index (χ0) is 16.2. The minimum Gasteiger partial charge on any atom is -0.497 e. The Hall–Kier alpha value is -2.63. The van der Waals surface area contributed by atoms with E-state index in [9.17, 15) is 0 Å². The lowest BCUT2D eigenvalue weighted by atomic mass is 10.1. The van der Waals surface area contributed by atoms with Gasteiger partial charge in [0.05, 0.1) is 7.11 Å². The van der Waals surface area contributed by atoms with Gasteiger partial charge >= 0.3 is 0 Å². The number of fused-ring (bicyclic) bond motifs is 1. The van der Waals surface area contributed by atoms with E-state index in [1.54, 1.807) is 11.6 Å². The van der Waals surface area contributed by atoms with Crippen molar-refractivity contribution in [1.29, 1.82) is 0 Å². The fourth-order valence-corrected chi connectivity index (χ4v) is 2.39. The number of anilines is 1. The molecule has 2 aromatic heterocycles. The molecule has 0 saturated heterocycles. The molecule has 23 heavy (non-hydrogen) atoms. The summed E-state index contributed by atoms with van der Waals surface area (Å²) in [6.45, 7) is 4.98. The van der Waals surface area contributed by atoms with E-state index in [0.717, 1.165) is 36.0 Å². The van der Waals surface area contributed by atoms with Crippen LogP contribution >= 0.6 is 0 Å². The normalized spacial score (nSPS) is 11.1. The summed E-state index contributed by atoms with van der Waals surface area (Å²) in [6.07, 6.45) is 0.920. The zero-order valence-electron chi connectivity index (χ0n) is 13.7. The summed E-state index contributed by atoms with van der Waals surface area (Å²) in [7, 11) is 1.68. The van der Waals surface area contributed by atoms with Crippen LogP contribution < -0.4 is 10.1 Å². The lowest BCUT2D eigenvalue weighted by Crippen LogP contribution is -2.09. The maximum atomic E-state index is 5.17. The van der Waals surface area contributed by atoms with E-state index in [-0.39, 0.29) is 5.92 Å². The van der Waals surface area contributed by atoms with Gasteiger partial charge in [0.15, 0.2) is 11.5 Å². The number of aromatic nitrogens is 4. The minimum atomic E-state index is 0.284. The molecular formula is C17H21N5O. The highest BCUT2D eigenvalue weighted by atomic mass is 16.5. The van der Waals surface area contributed by atoms with Gasteiger partial charge in [-0.3, -0.25) is 0 Å². The molecule has 0 atom stereocenters. The largest absolute Gasteiger partial charge is 0.497 e. The van der Waals surface area contributed by atoms with Crippen molar-refractivity contribution in [3.8, 4) is 5.75 Å². The molecule has 0 bridgehead atoms. The number of nitrogens with one attached hydrogen (secondary N) is 1. The Morgan fingerprint density at radius 2 is 1.87 bits per heavy atom. The summed E-state index contributed by atoms with van der Waals surface area (Å²) in [6, 6.07) is 12.0. The molecular weight excluding hydrogens is 290 g/mol. The third kappa shape index (κ3) is 3.41. The van der Waals surface area contributed by atoms with Crippen molar-refractivity contribution in [2.75, 3.05) is 19.0 Å². The van der Waals surface area contributed by atoms with Crippen molar-refractivity contribution < 1.29 is 4.74 Å². The van der Waals surface area contributed by atoms with Crippen molar-refractivity contribution in [2.24, 2.45) is 0 Å². The number of hydrogen-bond acceptors (Lipinski definition) is 5. The monoisotopic (exact) mass is 311 g/mol. The molecule has 1 aromatic carbocycles. The molecule has 1 N–H and O–H groups in total. The van der Waals surface area contributed by atoms with Crippen molar-refractivity contribution in [2.45, 2.75) is 26.2 Å². The molecule has 0 fully saturated rings. The Bertz CT molecular complexity index is 779. The van der Waals surface area contributed by atoms with Gasteiger partial charge in [0.1, 0.15) is 11.6 Å². The number of benzene rings is 1. The fourth-order valence-electron chi connectivity index (χ4n) is 2.39. The Labute approximate surface area is 135 Å². The Kier molecular flexibility index (Phi) is 4.41. The van der Waals surface area contributed by atoms with Crippen LogP contribution in [0.15, 0.2) is 36.4 Å². The summed E-state index contributed by atoms with van der Waals surface area (Å²) in [4.78, 5) is 0. The molecule has 2 heterocycles. The second-order valence-electron chi connectivity index (χ2n) is 5.73. The van der Waals surface area contributed by atoms with Crippen molar-refractivity contribution in [3.05, 3.63) is 47.8 Å². The molecule has 0 amide bonds. The van der Waals surface area contributed by atoms with Gasteiger partial charge in [-0.25, -0.2) is 0 Å². The molecule has 0 unspecified atom stereocenters. The summed E-state index contributed by atoms with van der Waals surface area (Å²) < 4.78 is 6.97. The van der Waals surface area contributed by atoms with E-state index < -0.39 is 0 Å². The van der Waals surface area contributed by atoms with E-state index in [4.69, 9.17) is 4.74 Å². The third-order valence-electron chi connectivity index (χ3n) is 3.68. The second-order valence-corrected chi connectivity index (χ2v) is 5.73. The summed E-state index contributed by atoms with van der Waals surface area (Å²) in [5.74, 6) is 2.86. The molecule has 0 aliphatic rings. The molecule has 0 aliphatic carbocycles. The van der Waals surface area contributed by atoms with Crippen LogP contribution in [0.25, 0.3) is 5.65 Å². The van der Waals surface area contributed by atoms with E-state index >= 15 is 0 Å². The molecule has 120 valence electrons. The van der Waals surface area contributed by atoms with Gasteiger partial charge in [-0.1, -0.05) is 26.0 Å². The first-order chi connectivity index (χ1) is 11.2. The standard InChI is InChI=1S/C17H21N5O/c1-12(2)17-20-19-16-9-8-15(21-22(16)17)18-11-10-13-4-6-14(23-3)7-5-13/h4-9,12H,10-11H2,1-3H3,(H,18,21). The van der Waals surface area contributed by atoms with Gasteiger partial charge in [0.2, 0.25) is 0 Å². The average Bonchev–Trinajstić information content (AvgIpc) is 2.99. The van der Waals surface area contributed by atoms with Gasteiger partial charge < -0.3 is 10.1 Å². The maximum absolute atomic E-state index is 5.17. The summed E-state index contributed by atoms with van der Waals surface area (Å²) in [5, 5.41) is 16.3. The van der Waals surface area contributed by atoms with Crippen LogP contribution in [0.2, 0.25) is 0 Å². The number of rotatable bonds is 6. The van der Waals surface area contributed by atoms with Gasteiger partial charge in [0.25, 0.3) is 0 Å². The molecule has 6 nitrogen and oxygen atoms in total. The Morgan fingerprint density at radius 3 is 2.57 bits per heavy atom. The molecule has 0 saturated carbocycles. The fraction of sp³-hybridized carbons (Fsp3) is 0.353. The molecule has 3 aromatic rings. The highest BCUT2D eigenvalue weighted by molar-refractivity contribution is 5.44. The second kappa shape index (κ2) is 6.64. The molecule has 3 rings (SSSR count). The number of nitrogens with zero attached hydrogens (tertiary/aromatic N) is 4. The number of hydrogen-bond donors (Lipinski definition) is 1. The SMILES string of the molecule is COc1ccc(CCNc2ccc3nnc(C(C)C)n3n2)cc1. The van der Waals surface area contributed by atoms with Crippen LogP contribution in [0.3, 0.4) is 0 Å². The van der Waals surface area contributed by atoms with Crippen LogP contribution in [-0.2, 0) is 6.42 Å². The molecule has 0 spiro atoms. The van der Waals surface area contributed by atoms with Crippen molar-refractivity contribution >= 4 is 11.5 Å². The lowest BCUT2D eigenvalue weighted by molar-refractivity contribution is 0.414. The van der Waals surface area contributed by atoms with Crippen LogP contribution in [0.1, 0.15) is 31.2 Å². The Morgan fingerprint density at radius 1 is 1.09 bits per heavy atom.